The molecule has 2 aromatic rings. The average molecular weight is 296 g/mol. The molecule has 0 aromatic heterocycles. The molecular formula is C18H20N2O2. The van der Waals surface area contributed by atoms with Gasteiger partial charge in [-0.1, -0.05) is 55.1 Å². The predicted octanol–water partition coefficient (Wildman–Crippen LogP) is 3.43. The zero-order chi connectivity index (χ0) is 15.9. The molecule has 4 nitrogen and oxygen atoms in total. The minimum absolute atomic E-state index is 0.0976. The zero-order valence-electron chi connectivity index (χ0n) is 12.8. The number of rotatable bonds is 6. The van der Waals surface area contributed by atoms with Crippen molar-refractivity contribution in [2.75, 3.05) is 11.9 Å². The van der Waals surface area contributed by atoms with Crippen LogP contribution in [0.4, 0.5) is 5.69 Å². The van der Waals surface area contributed by atoms with Crippen molar-refractivity contribution >= 4 is 17.3 Å². The molecule has 0 aliphatic carbocycles. The molecule has 0 unspecified atom stereocenters. The Hall–Kier alpha value is -2.59. The van der Waals surface area contributed by atoms with E-state index in [4.69, 9.17) is 4.84 Å². The van der Waals surface area contributed by atoms with E-state index in [9.17, 15) is 4.79 Å². The van der Waals surface area contributed by atoms with E-state index in [-0.39, 0.29) is 12.5 Å². The van der Waals surface area contributed by atoms with Gasteiger partial charge in [-0.15, -0.1) is 0 Å². The Morgan fingerprint density at radius 3 is 2.32 bits per heavy atom. The second-order valence-corrected chi connectivity index (χ2v) is 5.05. The Labute approximate surface area is 130 Å². The van der Waals surface area contributed by atoms with Crippen molar-refractivity contribution in [2.45, 2.75) is 13.8 Å². The van der Waals surface area contributed by atoms with Crippen LogP contribution in [0.2, 0.25) is 0 Å². The maximum absolute atomic E-state index is 11.9. The van der Waals surface area contributed by atoms with Gasteiger partial charge in [0.1, 0.15) is 0 Å². The van der Waals surface area contributed by atoms with Crippen LogP contribution in [0, 0.1) is 13.8 Å². The summed E-state index contributed by atoms with van der Waals surface area (Å²) >= 11 is 0. The summed E-state index contributed by atoms with van der Waals surface area (Å²) in [6.45, 7) is 7.68. The molecule has 114 valence electrons. The molecule has 0 fully saturated rings. The summed E-state index contributed by atoms with van der Waals surface area (Å²) in [7, 11) is 0. The lowest BCUT2D eigenvalue weighted by Gasteiger charge is -2.13. The van der Waals surface area contributed by atoms with Gasteiger partial charge in [0.2, 0.25) is 0 Å². The first-order chi connectivity index (χ1) is 10.6. The molecule has 1 amide bonds. The number of para-hydroxylation sites is 1. The smallest absolute Gasteiger partial charge is 0.253 e. The molecule has 0 heterocycles. The third-order valence-corrected chi connectivity index (χ3v) is 3.27. The van der Waals surface area contributed by atoms with Crippen LogP contribution in [-0.2, 0) is 9.63 Å². The predicted molar refractivity (Wildman–Crippen MR) is 89.1 cm³/mol. The molecule has 0 bridgehead atoms. The number of hydrogen-bond donors (Lipinski definition) is 2. The summed E-state index contributed by atoms with van der Waals surface area (Å²) in [5.74, 6) is -0.217. The van der Waals surface area contributed by atoms with Gasteiger partial charge in [0.25, 0.3) is 5.91 Å². The van der Waals surface area contributed by atoms with E-state index in [0.717, 1.165) is 22.4 Å². The number of anilines is 1. The molecule has 0 aliphatic rings. The highest BCUT2D eigenvalue weighted by Gasteiger charge is 2.07. The number of aryl methyl sites for hydroxylation is 2. The van der Waals surface area contributed by atoms with Gasteiger partial charge < -0.3 is 5.32 Å². The van der Waals surface area contributed by atoms with E-state index in [1.54, 1.807) is 0 Å². The van der Waals surface area contributed by atoms with Crippen LogP contribution in [0.1, 0.15) is 16.7 Å². The van der Waals surface area contributed by atoms with E-state index < -0.39 is 0 Å². The van der Waals surface area contributed by atoms with Gasteiger partial charge in [-0.2, -0.15) is 0 Å². The fourth-order valence-corrected chi connectivity index (χ4v) is 2.07. The first-order valence-electron chi connectivity index (χ1n) is 7.06. The number of benzene rings is 2. The molecule has 0 radical (unpaired) electrons. The first-order valence-corrected chi connectivity index (χ1v) is 7.06. The molecule has 0 saturated heterocycles. The molecule has 0 aliphatic heterocycles. The average Bonchev–Trinajstić information content (AvgIpc) is 2.52. The quantitative estimate of drug-likeness (QED) is 0.803. The van der Waals surface area contributed by atoms with Crippen molar-refractivity contribution in [2.24, 2.45) is 0 Å². The van der Waals surface area contributed by atoms with Crippen molar-refractivity contribution in [1.82, 2.24) is 5.48 Å². The molecule has 2 rings (SSSR count). The van der Waals surface area contributed by atoms with E-state index in [0.29, 0.717) is 5.70 Å². The Morgan fingerprint density at radius 1 is 1.05 bits per heavy atom. The topological polar surface area (TPSA) is 50.4 Å². The van der Waals surface area contributed by atoms with Crippen LogP contribution in [0.3, 0.4) is 0 Å². The van der Waals surface area contributed by atoms with Gasteiger partial charge in [-0.25, -0.2) is 0 Å². The van der Waals surface area contributed by atoms with Gasteiger partial charge in [0, 0.05) is 5.69 Å². The van der Waals surface area contributed by atoms with Crippen LogP contribution in [-0.4, -0.2) is 12.5 Å². The third kappa shape index (κ3) is 4.20. The van der Waals surface area contributed by atoms with Crippen molar-refractivity contribution in [3.8, 4) is 0 Å². The number of hydroxylamine groups is 1. The zero-order valence-corrected chi connectivity index (χ0v) is 12.8. The van der Waals surface area contributed by atoms with E-state index in [2.05, 4.69) is 17.4 Å². The summed E-state index contributed by atoms with van der Waals surface area (Å²) in [4.78, 5) is 17.1. The van der Waals surface area contributed by atoms with Gasteiger partial charge in [0.15, 0.2) is 6.61 Å². The van der Waals surface area contributed by atoms with Crippen LogP contribution < -0.4 is 10.8 Å². The number of carbonyl (C=O) groups is 1. The second kappa shape index (κ2) is 7.43. The molecule has 22 heavy (non-hydrogen) atoms. The largest absolute Gasteiger partial charge is 0.324 e. The highest BCUT2D eigenvalue weighted by Crippen LogP contribution is 2.19. The van der Waals surface area contributed by atoms with Gasteiger partial charge in [0.05, 0.1) is 5.70 Å². The lowest BCUT2D eigenvalue weighted by Crippen LogP contribution is -2.24. The maximum Gasteiger partial charge on any atom is 0.253 e. The summed E-state index contributed by atoms with van der Waals surface area (Å²) in [6.07, 6.45) is 0. The standard InChI is InChI=1S/C18H20N2O2/c1-13-8-7-9-14(2)18(13)19-17(21)12-22-20-15(3)16-10-5-4-6-11-16/h4-11,20H,3,12H2,1-2H3,(H,19,21). The van der Waals surface area contributed by atoms with E-state index >= 15 is 0 Å². The Bertz CT molecular complexity index is 646. The van der Waals surface area contributed by atoms with Crippen LogP contribution >= 0.6 is 0 Å². The van der Waals surface area contributed by atoms with E-state index in [1.807, 2.05) is 62.4 Å². The van der Waals surface area contributed by atoms with Crippen molar-refractivity contribution in [3.05, 3.63) is 71.8 Å². The highest BCUT2D eigenvalue weighted by molar-refractivity contribution is 5.93. The van der Waals surface area contributed by atoms with Crippen molar-refractivity contribution in [3.63, 3.8) is 0 Å². The van der Waals surface area contributed by atoms with Gasteiger partial charge >= 0.3 is 0 Å². The molecule has 2 aromatic carbocycles. The highest BCUT2D eigenvalue weighted by atomic mass is 16.6. The Kier molecular flexibility index (Phi) is 5.33. The summed E-state index contributed by atoms with van der Waals surface area (Å²) in [6, 6.07) is 15.5. The minimum atomic E-state index is -0.217. The van der Waals surface area contributed by atoms with Crippen molar-refractivity contribution < 1.29 is 9.63 Å². The first kappa shape index (κ1) is 15.8. The summed E-state index contributed by atoms with van der Waals surface area (Å²) in [5.41, 5.74) is 7.09. The molecule has 4 heteroatoms. The molecule has 0 atom stereocenters. The maximum atomic E-state index is 11.9. The van der Waals surface area contributed by atoms with E-state index in [1.165, 1.54) is 0 Å². The molecule has 0 saturated carbocycles. The Balaban J connectivity index is 1.82. The van der Waals surface area contributed by atoms with Gasteiger partial charge in [-0.3, -0.25) is 15.1 Å². The van der Waals surface area contributed by atoms with Gasteiger partial charge in [-0.05, 0) is 30.5 Å². The van der Waals surface area contributed by atoms with Crippen LogP contribution in [0.25, 0.3) is 5.70 Å². The number of nitrogens with one attached hydrogen (secondary N) is 2. The molecule has 0 spiro atoms. The lowest BCUT2D eigenvalue weighted by atomic mass is 10.1. The SMILES string of the molecule is C=C(NOCC(=O)Nc1c(C)cccc1C)c1ccccc1. The summed E-state index contributed by atoms with van der Waals surface area (Å²) in [5, 5.41) is 2.86. The van der Waals surface area contributed by atoms with Crippen molar-refractivity contribution in [1.29, 1.82) is 0 Å². The monoisotopic (exact) mass is 296 g/mol. The lowest BCUT2D eigenvalue weighted by molar-refractivity contribution is -0.122. The van der Waals surface area contributed by atoms with Crippen LogP contribution in [0.5, 0.6) is 0 Å². The number of carbonyl (C=O) groups excluding carboxylic acids is 1. The summed E-state index contributed by atoms with van der Waals surface area (Å²) < 4.78 is 0. The fraction of sp³-hybridized carbons (Fsp3) is 0.167. The Morgan fingerprint density at radius 2 is 1.68 bits per heavy atom. The normalized spacial score (nSPS) is 10.1. The minimum Gasteiger partial charge on any atom is -0.324 e. The second-order valence-electron chi connectivity index (χ2n) is 5.05. The third-order valence-electron chi connectivity index (χ3n) is 3.27. The fourth-order valence-electron chi connectivity index (χ4n) is 2.07. The molecular weight excluding hydrogens is 276 g/mol. The number of amides is 1. The molecule has 2 N–H and O–H groups in total. The van der Waals surface area contributed by atoms with Crippen LogP contribution in [0.15, 0.2) is 55.1 Å². The number of hydrogen-bond acceptors (Lipinski definition) is 3.